The lowest BCUT2D eigenvalue weighted by atomic mass is 10.2. The standard InChI is InChI=1S/C16H33O2P/c1-3-5-13-19(14-6-4-2)15-9-7-8-10-16-17-11-12-18-16/h16H,3-15H2,1-2H3. The van der Waals surface area contributed by atoms with Crippen LogP contribution in [0.5, 0.6) is 0 Å². The lowest BCUT2D eigenvalue weighted by Gasteiger charge is -2.17. The van der Waals surface area contributed by atoms with Gasteiger partial charge in [0.15, 0.2) is 6.29 Å². The molecule has 0 radical (unpaired) electrons. The Kier molecular flexibility index (Phi) is 11.1. The van der Waals surface area contributed by atoms with Gasteiger partial charge in [-0.1, -0.05) is 33.1 Å². The molecular formula is C16H33O2P. The molecule has 1 heterocycles. The zero-order valence-electron chi connectivity index (χ0n) is 13.0. The molecule has 0 aromatic carbocycles. The summed E-state index contributed by atoms with van der Waals surface area (Å²) in [6, 6.07) is 0. The summed E-state index contributed by atoms with van der Waals surface area (Å²) in [5, 5.41) is 0. The Labute approximate surface area is 121 Å². The summed E-state index contributed by atoms with van der Waals surface area (Å²) in [4.78, 5) is 0. The molecule has 0 aromatic rings. The minimum absolute atomic E-state index is 0.113. The fourth-order valence-corrected chi connectivity index (χ4v) is 5.36. The molecule has 0 bridgehead atoms. The van der Waals surface area contributed by atoms with E-state index in [1.807, 2.05) is 0 Å². The topological polar surface area (TPSA) is 18.5 Å². The van der Waals surface area contributed by atoms with E-state index in [9.17, 15) is 0 Å². The van der Waals surface area contributed by atoms with Crippen molar-refractivity contribution in [3.05, 3.63) is 0 Å². The molecule has 2 nitrogen and oxygen atoms in total. The minimum atomic E-state index is 0.113. The molecule has 3 heteroatoms. The summed E-state index contributed by atoms with van der Waals surface area (Å²) in [6.07, 6.45) is 15.4. The highest BCUT2D eigenvalue weighted by atomic mass is 31.1. The SMILES string of the molecule is CCCCP(CCCC)CCCCCC1OCCO1. The first-order valence-electron chi connectivity index (χ1n) is 8.32. The third kappa shape index (κ3) is 9.00. The van der Waals surface area contributed by atoms with Crippen molar-refractivity contribution >= 4 is 7.92 Å². The van der Waals surface area contributed by atoms with E-state index in [1.54, 1.807) is 0 Å². The average molecular weight is 288 g/mol. The fourth-order valence-electron chi connectivity index (χ4n) is 2.50. The molecular weight excluding hydrogens is 255 g/mol. The van der Waals surface area contributed by atoms with Gasteiger partial charge in [0.1, 0.15) is 0 Å². The van der Waals surface area contributed by atoms with Gasteiger partial charge in [-0.3, -0.25) is 0 Å². The normalized spacial score (nSPS) is 16.6. The van der Waals surface area contributed by atoms with Crippen LogP contribution in [0, 0.1) is 0 Å². The molecule has 19 heavy (non-hydrogen) atoms. The van der Waals surface area contributed by atoms with Crippen LogP contribution in [0.3, 0.4) is 0 Å². The van der Waals surface area contributed by atoms with Crippen molar-refractivity contribution in [2.45, 2.75) is 71.5 Å². The van der Waals surface area contributed by atoms with Gasteiger partial charge < -0.3 is 9.47 Å². The van der Waals surface area contributed by atoms with E-state index < -0.39 is 0 Å². The first-order chi connectivity index (χ1) is 9.36. The van der Waals surface area contributed by atoms with Crippen LogP contribution >= 0.6 is 7.92 Å². The van der Waals surface area contributed by atoms with Crippen LogP contribution in [-0.4, -0.2) is 38.0 Å². The van der Waals surface area contributed by atoms with Gasteiger partial charge in [-0.2, -0.15) is 0 Å². The highest BCUT2D eigenvalue weighted by Gasteiger charge is 2.14. The van der Waals surface area contributed by atoms with Gasteiger partial charge in [0.05, 0.1) is 13.2 Å². The van der Waals surface area contributed by atoms with Crippen molar-refractivity contribution in [3.63, 3.8) is 0 Å². The Bertz CT molecular complexity index is 185. The highest BCUT2D eigenvalue weighted by Crippen LogP contribution is 2.38. The number of rotatable bonds is 12. The zero-order valence-corrected chi connectivity index (χ0v) is 13.9. The monoisotopic (exact) mass is 288 g/mol. The van der Waals surface area contributed by atoms with Gasteiger partial charge in [-0.15, -0.1) is 7.92 Å². The Balaban J connectivity index is 1.98. The smallest absolute Gasteiger partial charge is 0.157 e. The molecule has 0 unspecified atom stereocenters. The molecule has 1 saturated heterocycles. The lowest BCUT2D eigenvalue weighted by molar-refractivity contribution is -0.0479. The van der Waals surface area contributed by atoms with Crippen molar-refractivity contribution in [2.75, 3.05) is 31.7 Å². The molecule has 0 saturated carbocycles. The third-order valence-electron chi connectivity index (χ3n) is 3.76. The van der Waals surface area contributed by atoms with Crippen molar-refractivity contribution in [2.24, 2.45) is 0 Å². The molecule has 1 aliphatic heterocycles. The molecule has 0 N–H and O–H groups in total. The van der Waals surface area contributed by atoms with Gasteiger partial charge >= 0.3 is 0 Å². The largest absolute Gasteiger partial charge is 0.350 e. The quantitative estimate of drug-likeness (QED) is 0.371. The summed E-state index contributed by atoms with van der Waals surface area (Å²) in [6.45, 7) is 6.22. The van der Waals surface area contributed by atoms with E-state index in [0.717, 1.165) is 19.6 Å². The van der Waals surface area contributed by atoms with Gasteiger partial charge in [-0.25, -0.2) is 0 Å². The van der Waals surface area contributed by atoms with Crippen molar-refractivity contribution in [1.29, 1.82) is 0 Å². The summed E-state index contributed by atoms with van der Waals surface area (Å²) >= 11 is 0. The Morgan fingerprint density at radius 3 is 1.95 bits per heavy atom. The summed E-state index contributed by atoms with van der Waals surface area (Å²) in [5.74, 6) is 0. The van der Waals surface area contributed by atoms with Gasteiger partial charge in [0.2, 0.25) is 0 Å². The number of ether oxygens (including phenoxy) is 2. The number of hydrogen-bond acceptors (Lipinski definition) is 2. The van der Waals surface area contributed by atoms with Crippen molar-refractivity contribution < 1.29 is 9.47 Å². The zero-order chi connectivity index (χ0) is 13.8. The van der Waals surface area contributed by atoms with E-state index in [4.69, 9.17) is 9.47 Å². The summed E-state index contributed by atoms with van der Waals surface area (Å²) < 4.78 is 10.9. The molecule has 1 aliphatic rings. The fraction of sp³-hybridized carbons (Fsp3) is 1.00. The number of unbranched alkanes of at least 4 members (excludes halogenated alkanes) is 4. The molecule has 0 aliphatic carbocycles. The van der Waals surface area contributed by atoms with E-state index in [2.05, 4.69) is 13.8 Å². The first kappa shape index (κ1) is 17.4. The van der Waals surface area contributed by atoms with Crippen LogP contribution in [0.1, 0.15) is 65.2 Å². The lowest BCUT2D eigenvalue weighted by Crippen LogP contribution is -2.06. The van der Waals surface area contributed by atoms with Crippen LogP contribution in [-0.2, 0) is 9.47 Å². The highest BCUT2D eigenvalue weighted by molar-refractivity contribution is 7.57. The second-order valence-electron chi connectivity index (χ2n) is 5.57. The average Bonchev–Trinajstić information content (AvgIpc) is 2.93. The van der Waals surface area contributed by atoms with Crippen LogP contribution in [0.2, 0.25) is 0 Å². The second kappa shape index (κ2) is 12.1. The van der Waals surface area contributed by atoms with E-state index >= 15 is 0 Å². The van der Waals surface area contributed by atoms with Crippen LogP contribution in [0.25, 0.3) is 0 Å². The Hall–Kier alpha value is 0.350. The summed E-state index contributed by atoms with van der Waals surface area (Å²) in [5.41, 5.74) is 0. The Morgan fingerprint density at radius 1 is 0.789 bits per heavy atom. The molecule has 1 fully saturated rings. The molecule has 1 rings (SSSR count). The minimum Gasteiger partial charge on any atom is -0.350 e. The van der Waals surface area contributed by atoms with Gasteiger partial charge in [0.25, 0.3) is 0 Å². The van der Waals surface area contributed by atoms with Crippen molar-refractivity contribution in [3.8, 4) is 0 Å². The first-order valence-corrected chi connectivity index (χ1v) is 10.2. The maximum atomic E-state index is 5.47. The maximum Gasteiger partial charge on any atom is 0.157 e. The van der Waals surface area contributed by atoms with Crippen molar-refractivity contribution in [1.82, 2.24) is 0 Å². The van der Waals surface area contributed by atoms with E-state index in [0.29, 0.717) is 7.92 Å². The molecule has 0 aromatic heterocycles. The predicted molar refractivity (Wildman–Crippen MR) is 85.5 cm³/mol. The van der Waals surface area contributed by atoms with Crippen LogP contribution in [0.4, 0.5) is 0 Å². The Morgan fingerprint density at radius 2 is 1.37 bits per heavy atom. The van der Waals surface area contributed by atoms with E-state index in [-0.39, 0.29) is 6.29 Å². The third-order valence-corrected chi connectivity index (χ3v) is 6.61. The molecule has 0 atom stereocenters. The van der Waals surface area contributed by atoms with E-state index in [1.165, 1.54) is 63.4 Å². The van der Waals surface area contributed by atoms with Crippen LogP contribution in [0.15, 0.2) is 0 Å². The second-order valence-corrected chi connectivity index (χ2v) is 8.25. The molecule has 0 amide bonds. The summed E-state index contributed by atoms with van der Waals surface area (Å²) in [7, 11) is 0.338. The predicted octanol–water partition coefficient (Wildman–Crippen LogP) is 5.00. The number of hydrogen-bond donors (Lipinski definition) is 0. The maximum absolute atomic E-state index is 5.47. The van der Waals surface area contributed by atoms with Gasteiger partial charge in [-0.05, 0) is 50.6 Å². The van der Waals surface area contributed by atoms with Crippen LogP contribution < -0.4 is 0 Å². The molecule has 114 valence electrons. The molecule has 0 spiro atoms. The van der Waals surface area contributed by atoms with Gasteiger partial charge in [0, 0.05) is 0 Å².